The lowest BCUT2D eigenvalue weighted by atomic mass is 10.2. The summed E-state index contributed by atoms with van der Waals surface area (Å²) in [7, 11) is 1.55. The Morgan fingerprint density at radius 2 is 1.77 bits per heavy atom. The van der Waals surface area contributed by atoms with Crippen LogP contribution in [0.4, 0.5) is 11.4 Å². The van der Waals surface area contributed by atoms with Crippen LogP contribution >= 0.6 is 11.8 Å². The molecule has 9 nitrogen and oxygen atoms in total. The number of tetrazole rings is 1. The van der Waals surface area contributed by atoms with Gasteiger partial charge in [-0.1, -0.05) is 36.0 Å². The van der Waals surface area contributed by atoms with Gasteiger partial charge in [0.25, 0.3) is 5.91 Å². The molecule has 0 spiro atoms. The molecule has 2 amide bonds. The van der Waals surface area contributed by atoms with E-state index in [0.717, 1.165) is 11.3 Å². The molecule has 2 N–H and O–H groups in total. The Bertz CT molecular complexity index is 1340. The molecule has 0 fully saturated rings. The maximum atomic E-state index is 12.8. The van der Waals surface area contributed by atoms with Gasteiger partial charge in [0.1, 0.15) is 5.75 Å². The number of nitrogens with one attached hydrogen (secondary N) is 2. The summed E-state index contributed by atoms with van der Waals surface area (Å²) >= 11 is 1.26. The van der Waals surface area contributed by atoms with Crippen molar-refractivity contribution in [1.29, 1.82) is 0 Å². The fourth-order valence-electron chi connectivity index (χ4n) is 3.28. The van der Waals surface area contributed by atoms with E-state index < -0.39 is 5.25 Å². The van der Waals surface area contributed by atoms with E-state index in [2.05, 4.69) is 26.2 Å². The van der Waals surface area contributed by atoms with E-state index >= 15 is 0 Å². The molecule has 0 bridgehead atoms. The summed E-state index contributed by atoms with van der Waals surface area (Å²) in [4.78, 5) is 25.4. The fraction of sp³-hybridized carbons (Fsp3) is 0.160. The molecular formula is C25H24N6O3S. The van der Waals surface area contributed by atoms with Crippen LogP contribution in [-0.4, -0.2) is 44.4 Å². The number of aromatic nitrogens is 4. The predicted molar refractivity (Wildman–Crippen MR) is 135 cm³/mol. The Labute approximate surface area is 206 Å². The number of hydrogen-bond donors (Lipinski definition) is 2. The molecule has 3 aromatic carbocycles. The van der Waals surface area contributed by atoms with Gasteiger partial charge in [0.05, 0.1) is 23.7 Å². The van der Waals surface area contributed by atoms with Crippen LogP contribution in [0.1, 0.15) is 22.8 Å². The lowest BCUT2D eigenvalue weighted by Crippen LogP contribution is -2.23. The minimum atomic E-state index is -0.460. The van der Waals surface area contributed by atoms with E-state index in [9.17, 15) is 9.59 Å². The number of amides is 2. The highest BCUT2D eigenvalue weighted by atomic mass is 32.2. The highest BCUT2D eigenvalue weighted by molar-refractivity contribution is 8.00. The van der Waals surface area contributed by atoms with Crippen molar-refractivity contribution in [2.75, 3.05) is 17.7 Å². The number of carbonyl (C=O) groups excluding carboxylic acids is 2. The molecule has 178 valence electrons. The van der Waals surface area contributed by atoms with E-state index in [1.54, 1.807) is 55.1 Å². The second-order valence-electron chi connectivity index (χ2n) is 7.69. The molecule has 4 rings (SSSR count). The molecule has 4 aromatic rings. The normalized spacial score (nSPS) is 11.5. The topological polar surface area (TPSA) is 111 Å². The summed E-state index contributed by atoms with van der Waals surface area (Å²) in [5, 5.41) is 17.6. The molecule has 0 aliphatic rings. The molecule has 0 radical (unpaired) electrons. The van der Waals surface area contributed by atoms with Crippen molar-refractivity contribution in [3.8, 4) is 11.4 Å². The van der Waals surface area contributed by atoms with Gasteiger partial charge in [0, 0.05) is 11.3 Å². The van der Waals surface area contributed by atoms with Gasteiger partial charge >= 0.3 is 0 Å². The lowest BCUT2D eigenvalue weighted by Gasteiger charge is -2.13. The third kappa shape index (κ3) is 5.85. The van der Waals surface area contributed by atoms with Crippen LogP contribution in [0.15, 0.2) is 78.0 Å². The number of hydrogen-bond acceptors (Lipinski definition) is 7. The number of anilines is 2. The third-order valence-corrected chi connectivity index (χ3v) is 6.14. The summed E-state index contributed by atoms with van der Waals surface area (Å²) in [5.74, 6) is 0.0870. The number of benzene rings is 3. The third-order valence-electron chi connectivity index (χ3n) is 5.11. The molecule has 0 aliphatic carbocycles. The molecule has 0 saturated heterocycles. The molecular weight excluding hydrogens is 464 g/mol. The van der Waals surface area contributed by atoms with Crippen molar-refractivity contribution in [3.63, 3.8) is 0 Å². The average molecular weight is 489 g/mol. The van der Waals surface area contributed by atoms with Gasteiger partial charge in [-0.15, -0.1) is 5.10 Å². The van der Waals surface area contributed by atoms with Crippen LogP contribution in [-0.2, 0) is 4.79 Å². The lowest BCUT2D eigenvalue weighted by molar-refractivity contribution is -0.115. The standard InChI is InChI=1S/C25H24N6O3S/c1-16-7-6-8-20(15-16)31-25(28-29-30-31)35-17(2)23(32)26-19-13-11-18(12-14-19)24(33)27-21-9-4-5-10-22(21)34-3/h4-15,17H,1-3H3,(H,26,32)(H,27,33). The van der Waals surface area contributed by atoms with Crippen LogP contribution < -0.4 is 15.4 Å². The van der Waals surface area contributed by atoms with Gasteiger partial charge in [-0.25, -0.2) is 0 Å². The van der Waals surface area contributed by atoms with E-state index in [1.165, 1.54) is 11.8 Å². The minimum Gasteiger partial charge on any atom is -0.495 e. The average Bonchev–Trinajstić information content (AvgIpc) is 3.33. The first kappa shape index (κ1) is 24.0. The summed E-state index contributed by atoms with van der Waals surface area (Å²) in [5.41, 5.74) is 3.52. The number of methoxy groups -OCH3 is 1. The van der Waals surface area contributed by atoms with Crippen LogP contribution in [0, 0.1) is 6.92 Å². The number of aryl methyl sites for hydroxylation is 1. The zero-order chi connectivity index (χ0) is 24.8. The zero-order valence-corrected chi connectivity index (χ0v) is 20.2. The molecule has 1 heterocycles. The fourth-order valence-corrected chi connectivity index (χ4v) is 4.08. The molecule has 1 atom stereocenters. The van der Waals surface area contributed by atoms with Gasteiger partial charge in [-0.2, -0.15) is 4.68 Å². The number of carbonyl (C=O) groups is 2. The van der Waals surface area contributed by atoms with Gasteiger partial charge in [-0.3, -0.25) is 9.59 Å². The first-order chi connectivity index (χ1) is 16.9. The van der Waals surface area contributed by atoms with E-state index in [4.69, 9.17) is 4.74 Å². The van der Waals surface area contributed by atoms with Crippen molar-refractivity contribution < 1.29 is 14.3 Å². The number of rotatable bonds is 8. The van der Waals surface area contributed by atoms with Gasteiger partial charge in [-0.05, 0) is 78.4 Å². The first-order valence-corrected chi connectivity index (χ1v) is 11.7. The second-order valence-corrected chi connectivity index (χ2v) is 9.00. The quantitative estimate of drug-likeness (QED) is 0.355. The Morgan fingerprint density at radius 1 is 1.00 bits per heavy atom. The van der Waals surface area contributed by atoms with Crippen LogP contribution in [0.2, 0.25) is 0 Å². The van der Waals surface area contributed by atoms with Gasteiger partial charge in [0.15, 0.2) is 0 Å². The Kier molecular flexibility index (Phi) is 7.41. The highest BCUT2D eigenvalue weighted by Gasteiger charge is 2.20. The summed E-state index contributed by atoms with van der Waals surface area (Å²) in [6, 6.07) is 21.6. The van der Waals surface area contributed by atoms with E-state index in [0.29, 0.717) is 27.8 Å². The van der Waals surface area contributed by atoms with Crippen molar-refractivity contribution in [1.82, 2.24) is 20.2 Å². The maximum Gasteiger partial charge on any atom is 0.255 e. The Balaban J connectivity index is 1.37. The van der Waals surface area contributed by atoms with Crippen molar-refractivity contribution >= 4 is 35.0 Å². The van der Waals surface area contributed by atoms with Crippen LogP contribution in [0.5, 0.6) is 5.75 Å². The van der Waals surface area contributed by atoms with Crippen LogP contribution in [0.3, 0.4) is 0 Å². The monoisotopic (exact) mass is 488 g/mol. The SMILES string of the molecule is COc1ccccc1NC(=O)c1ccc(NC(=O)C(C)Sc2nnnn2-c2cccc(C)c2)cc1. The Morgan fingerprint density at radius 3 is 2.51 bits per heavy atom. The molecule has 0 saturated carbocycles. The maximum absolute atomic E-state index is 12.8. The molecule has 1 unspecified atom stereocenters. The molecule has 35 heavy (non-hydrogen) atoms. The summed E-state index contributed by atoms with van der Waals surface area (Å²) in [6.07, 6.45) is 0. The number of nitrogens with zero attached hydrogens (tertiary/aromatic N) is 4. The molecule has 10 heteroatoms. The predicted octanol–water partition coefficient (Wildman–Crippen LogP) is 4.35. The number of thioether (sulfide) groups is 1. The largest absolute Gasteiger partial charge is 0.495 e. The minimum absolute atomic E-state index is 0.208. The van der Waals surface area contributed by atoms with Crippen molar-refractivity contribution in [3.05, 3.63) is 83.9 Å². The molecule has 0 aliphatic heterocycles. The first-order valence-electron chi connectivity index (χ1n) is 10.8. The van der Waals surface area contributed by atoms with Gasteiger partial charge in [0.2, 0.25) is 11.1 Å². The van der Waals surface area contributed by atoms with Crippen molar-refractivity contribution in [2.45, 2.75) is 24.3 Å². The highest BCUT2D eigenvalue weighted by Crippen LogP contribution is 2.25. The number of ether oxygens (including phenoxy) is 1. The second kappa shape index (κ2) is 10.8. The smallest absolute Gasteiger partial charge is 0.255 e. The van der Waals surface area contributed by atoms with Crippen molar-refractivity contribution in [2.24, 2.45) is 0 Å². The Hall–Kier alpha value is -4.18. The van der Waals surface area contributed by atoms with Gasteiger partial charge < -0.3 is 15.4 Å². The zero-order valence-electron chi connectivity index (χ0n) is 19.4. The van der Waals surface area contributed by atoms with E-state index in [1.807, 2.05) is 43.3 Å². The summed E-state index contributed by atoms with van der Waals surface area (Å²) < 4.78 is 6.87. The van der Waals surface area contributed by atoms with E-state index in [-0.39, 0.29) is 11.8 Å². The van der Waals surface area contributed by atoms with Crippen LogP contribution in [0.25, 0.3) is 5.69 Å². The number of para-hydroxylation sites is 2. The molecule has 1 aromatic heterocycles. The summed E-state index contributed by atoms with van der Waals surface area (Å²) in [6.45, 7) is 3.77.